The first-order chi connectivity index (χ1) is 19.4. The highest BCUT2D eigenvalue weighted by Crippen LogP contribution is 2.12. The van der Waals surface area contributed by atoms with Gasteiger partial charge in [-0.05, 0) is 111 Å². The number of aryl methyl sites for hydroxylation is 1. The van der Waals surface area contributed by atoms with Crippen molar-refractivity contribution in [2.45, 2.75) is 51.9 Å². The fraction of sp³-hybridized carbons (Fsp3) is 0.875. The molecule has 236 valence electrons. The van der Waals surface area contributed by atoms with Crippen molar-refractivity contribution in [1.29, 1.82) is 0 Å². The highest BCUT2D eigenvalue weighted by molar-refractivity contribution is 4.88. The standard InChI is InChI=1S/C6H13N.C6H12O.C5H12N2.C5H11NO.C5H11N.C5H7N/c1-7-5-3-2-4-6-7;1-6-2-4-7-5-3-6;1-7-4-2-6-3-5-7;1-6-2-4-7-5-3-6;2*1-6-4-2-3-5-6/h2-6H2,1H3;2*6H,2-5H2,1H3;2-5H2,1H3;2-5H2,1H3;2-5H,1H3. The first-order valence-electron chi connectivity index (χ1n) is 16.0. The van der Waals surface area contributed by atoms with Gasteiger partial charge in [0.05, 0.1) is 13.2 Å². The number of piperidine rings is 1. The summed E-state index contributed by atoms with van der Waals surface area (Å²) in [7, 11) is 10.6. The molecule has 6 heterocycles. The molecule has 5 aliphatic heterocycles. The highest BCUT2D eigenvalue weighted by Gasteiger charge is 2.06. The number of likely N-dealkylation sites (tertiary alicyclic amines) is 2. The van der Waals surface area contributed by atoms with Crippen LogP contribution >= 0.6 is 0 Å². The van der Waals surface area contributed by atoms with Gasteiger partial charge in [0.15, 0.2) is 0 Å². The molecule has 0 aliphatic carbocycles. The van der Waals surface area contributed by atoms with Gasteiger partial charge in [0, 0.05) is 71.9 Å². The minimum atomic E-state index is 0.911. The van der Waals surface area contributed by atoms with Crippen LogP contribution < -0.4 is 5.32 Å². The number of hydrogen-bond donors (Lipinski definition) is 1. The van der Waals surface area contributed by atoms with E-state index in [9.17, 15) is 0 Å². The molecule has 5 aliphatic rings. The molecule has 1 aromatic heterocycles. The Labute approximate surface area is 248 Å². The number of morpholine rings is 1. The van der Waals surface area contributed by atoms with Crippen molar-refractivity contribution in [1.82, 2.24) is 29.5 Å². The van der Waals surface area contributed by atoms with Gasteiger partial charge >= 0.3 is 0 Å². The molecule has 0 bridgehead atoms. The average molecular weight is 567 g/mol. The maximum absolute atomic E-state index is 5.14. The third kappa shape index (κ3) is 23.7. The summed E-state index contributed by atoms with van der Waals surface area (Å²) in [5.41, 5.74) is 0. The highest BCUT2D eigenvalue weighted by atomic mass is 16.5. The van der Waals surface area contributed by atoms with Gasteiger partial charge in [-0.1, -0.05) is 13.3 Å². The summed E-state index contributed by atoms with van der Waals surface area (Å²) in [4.78, 5) is 9.35. The zero-order chi connectivity index (χ0) is 29.3. The van der Waals surface area contributed by atoms with Crippen molar-refractivity contribution in [3.63, 3.8) is 0 Å². The molecule has 8 heteroatoms. The molecule has 0 unspecified atom stereocenters. The van der Waals surface area contributed by atoms with Gasteiger partial charge in [-0.2, -0.15) is 0 Å². The summed E-state index contributed by atoms with van der Waals surface area (Å²) in [6, 6.07) is 4.00. The van der Waals surface area contributed by atoms with Gasteiger partial charge in [-0.3, -0.25) is 0 Å². The summed E-state index contributed by atoms with van der Waals surface area (Å²) in [5, 5.41) is 3.27. The van der Waals surface area contributed by atoms with Gasteiger partial charge in [0.25, 0.3) is 0 Å². The Morgan fingerprint density at radius 1 is 0.525 bits per heavy atom. The molecule has 8 nitrogen and oxygen atoms in total. The van der Waals surface area contributed by atoms with E-state index in [1.165, 1.54) is 84.2 Å². The first kappa shape index (κ1) is 37.0. The summed E-state index contributed by atoms with van der Waals surface area (Å²) in [6.45, 7) is 18.3. The number of hydrogen-bond acceptors (Lipinski definition) is 7. The van der Waals surface area contributed by atoms with Crippen LogP contribution in [0, 0.1) is 5.92 Å². The van der Waals surface area contributed by atoms with Crippen LogP contribution in [0.5, 0.6) is 0 Å². The molecule has 0 radical (unpaired) electrons. The molecule has 6 rings (SSSR count). The Kier molecular flexibility index (Phi) is 23.8. The van der Waals surface area contributed by atoms with Gasteiger partial charge in [-0.25, -0.2) is 0 Å². The second kappa shape index (κ2) is 25.7. The zero-order valence-electron chi connectivity index (χ0n) is 27.3. The van der Waals surface area contributed by atoms with Crippen molar-refractivity contribution in [2.75, 3.05) is 120 Å². The van der Waals surface area contributed by atoms with Gasteiger partial charge < -0.3 is 39.0 Å². The van der Waals surface area contributed by atoms with E-state index >= 15 is 0 Å². The van der Waals surface area contributed by atoms with Crippen LogP contribution in [0.25, 0.3) is 0 Å². The Balaban J connectivity index is 0.000000240. The van der Waals surface area contributed by atoms with Crippen molar-refractivity contribution in [3.8, 4) is 0 Å². The van der Waals surface area contributed by atoms with E-state index in [1.807, 2.05) is 36.1 Å². The lowest BCUT2D eigenvalue weighted by Gasteiger charge is -2.21. The largest absolute Gasteiger partial charge is 0.381 e. The Morgan fingerprint density at radius 3 is 1.15 bits per heavy atom. The SMILES string of the molecule is CC1CCOCC1.CN1CCCC1.CN1CCCCC1.CN1CCNCC1.CN1CCOCC1.Cn1cccc1. The molecule has 0 atom stereocenters. The van der Waals surface area contributed by atoms with E-state index in [0.717, 1.165) is 58.5 Å². The summed E-state index contributed by atoms with van der Waals surface area (Å²) in [6.07, 6.45) is 13.6. The van der Waals surface area contributed by atoms with Gasteiger partial charge in [-0.15, -0.1) is 0 Å². The van der Waals surface area contributed by atoms with E-state index in [2.05, 4.69) is 60.0 Å². The molecule has 0 amide bonds. The van der Waals surface area contributed by atoms with E-state index in [-0.39, 0.29) is 0 Å². The summed E-state index contributed by atoms with van der Waals surface area (Å²) >= 11 is 0. The molecule has 1 N–H and O–H groups in total. The molecular formula is C32H66N6O2. The maximum atomic E-state index is 5.14. The molecule has 40 heavy (non-hydrogen) atoms. The Hall–Kier alpha value is -1.00. The molecule has 0 spiro atoms. The van der Waals surface area contributed by atoms with Gasteiger partial charge in [0.2, 0.25) is 0 Å². The van der Waals surface area contributed by atoms with Crippen LogP contribution in [-0.2, 0) is 16.5 Å². The average Bonchev–Trinajstić information content (AvgIpc) is 3.66. The van der Waals surface area contributed by atoms with Crippen LogP contribution in [0.15, 0.2) is 24.5 Å². The van der Waals surface area contributed by atoms with Crippen molar-refractivity contribution >= 4 is 0 Å². The van der Waals surface area contributed by atoms with Crippen molar-refractivity contribution in [3.05, 3.63) is 24.5 Å². The lowest BCUT2D eigenvalue weighted by molar-refractivity contribution is 0.0503. The number of ether oxygens (including phenoxy) is 2. The molecule has 5 fully saturated rings. The molecule has 5 saturated heterocycles. The fourth-order valence-corrected chi connectivity index (χ4v) is 4.59. The first-order valence-corrected chi connectivity index (χ1v) is 16.0. The van der Waals surface area contributed by atoms with Crippen LogP contribution in [0.4, 0.5) is 0 Å². The Morgan fingerprint density at radius 2 is 0.925 bits per heavy atom. The Bertz CT molecular complexity index is 553. The van der Waals surface area contributed by atoms with Crippen LogP contribution in [0.3, 0.4) is 0 Å². The van der Waals surface area contributed by atoms with Gasteiger partial charge in [0.1, 0.15) is 0 Å². The fourth-order valence-electron chi connectivity index (χ4n) is 4.59. The second-order valence-electron chi connectivity index (χ2n) is 12.0. The maximum Gasteiger partial charge on any atom is 0.0594 e. The molecular weight excluding hydrogens is 500 g/mol. The molecule has 0 aromatic carbocycles. The second-order valence-corrected chi connectivity index (χ2v) is 12.0. The van der Waals surface area contributed by atoms with Crippen molar-refractivity contribution < 1.29 is 9.47 Å². The monoisotopic (exact) mass is 567 g/mol. The summed E-state index contributed by atoms with van der Waals surface area (Å²) < 4.78 is 12.2. The molecule has 0 saturated carbocycles. The van der Waals surface area contributed by atoms with Crippen LogP contribution in [0.2, 0.25) is 0 Å². The van der Waals surface area contributed by atoms with E-state index in [4.69, 9.17) is 9.47 Å². The number of aromatic nitrogens is 1. The third-order valence-corrected chi connectivity index (χ3v) is 7.75. The topological polar surface area (TPSA) is 48.4 Å². The van der Waals surface area contributed by atoms with Crippen LogP contribution in [-0.4, -0.2) is 144 Å². The zero-order valence-corrected chi connectivity index (χ0v) is 27.3. The predicted octanol–water partition coefficient (Wildman–Crippen LogP) is 3.74. The predicted molar refractivity (Wildman–Crippen MR) is 171 cm³/mol. The van der Waals surface area contributed by atoms with E-state index < -0.39 is 0 Å². The lowest BCUT2D eigenvalue weighted by atomic mass is 10.0. The van der Waals surface area contributed by atoms with E-state index in [1.54, 1.807) is 0 Å². The summed E-state index contributed by atoms with van der Waals surface area (Å²) in [5.74, 6) is 0.911. The lowest BCUT2D eigenvalue weighted by Crippen LogP contribution is -2.40. The minimum Gasteiger partial charge on any atom is -0.381 e. The number of piperazine rings is 1. The smallest absolute Gasteiger partial charge is 0.0594 e. The molecule has 1 aromatic rings. The van der Waals surface area contributed by atoms with Crippen molar-refractivity contribution in [2.24, 2.45) is 13.0 Å². The van der Waals surface area contributed by atoms with Crippen LogP contribution in [0.1, 0.15) is 51.9 Å². The normalized spacial score (nSPS) is 22.9. The quantitative estimate of drug-likeness (QED) is 0.513. The number of rotatable bonds is 0. The van der Waals surface area contributed by atoms with E-state index in [0.29, 0.717) is 0 Å². The number of nitrogens with zero attached hydrogens (tertiary/aromatic N) is 5. The minimum absolute atomic E-state index is 0.911. The number of nitrogens with one attached hydrogen (secondary N) is 1. The third-order valence-electron chi connectivity index (χ3n) is 7.75. The number of likely N-dealkylation sites (N-methyl/N-ethyl adjacent to an activating group) is 2.